The third-order valence-corrected chi connectivity index (χ3v) is 6.28. The molecule has 0 unspecified atom stereocenters. The third kappa shape index (κ3) is 3.59. The summed E-state index contributed by atoms with van der Waals surface area (Å²) in [7, 11) is 0. The van der Waals surface area contributed by atoms with Crippen molar-refractivity contribution in [2.45, 2.75) is 39.3 Å². The van der Waals surface area contributed by atoms with Gasteiger partial charge in [-0.25, -0.2) is 0 Å². The first-order valence-corrected chi connectivity index (χ1v) is 10.7. The fourth-order valence-electron chi connectivity index (χ4n) is 4.63. The number of nitrogens with zero attached hydrogens (tertiary/aromatic N) is 4. The monoisotopic (exact) mass is 394 g/mol. The molecule has 30 heavy (non-hydrogen) atoms. The standard InChI is InChI=1S/C26H26N4/c1-18-15-20(23-5-3-11-27-19(23)2)7-8-22(18)17-30-14-4-6-26(30)21-9-10-24-25(16-21)29-13-12-28-24/h3,5,7-13,15-16,26H,4,6,14,17H2,1-2H3/t26-/m0/s1. The molecule has 4 nitrogen and oxygen atoms in total. The number of hydrogen-bond donors (Lipinski definition) is 0. The van der Waals surface area contributed by atoms with Crippen molar-refractivity contribution < 1.29 is 0 Å². The van der Waals surface area contributed by atoms with Crippen LogP contribution in [0.5, 0.6) is 0 Å². The summed E-state index contributed by atoms with van der Waals surface area (Å²) in [5, 5.41) is 0. The highest BCUT2D eigenvalue weighted by molar-refractivity contribution is 5.74. The Morgan fingerprint density at radius 1 is 0.900 bits per heavy atom. The first-order valence-electron chi connectivity index (χ1n) is 10.7. The lowest BCUT2D eigenvalue weighted by Crippen LogP contribution is -2.23. The van der Waals surface area contributed by atoms with Gasteiger partial charge in [0.25, 0.3) is 0 Å². The third-order valence-electron chi connectivity index (χ3n) is 6.28. The molecule has 1 aliphatic rings. The number of aryl methyl sites for hydroxylation is 2. The number of rotatable bonds is 4. The van der Waals surface area contributed by atoms with E-state index in [0.717, 1.165) is 29.8 Å². The quantitative estimate of drug-likeness (QED) is 0.449. The zero-order chi connectivity index (χ0) is 20.5. The van der Waals surface area contributed by atoms with Gasteiger partial charge in [0, 0.05) is 42.4 Å². The molecule has 0 N–H and O–H groups in total. The van der Waals surface area contributed by atoms with E-state index in [1.54, 1.807) is 12.4 Å². The van der Waals surface area contributed by atoms with Crippen LogP contribution in [0.2, 0.25) is 0 Å². The van der Waals surface area contributed by atoms with Crippen LogP contribution in [0.25, 0.3) is 22.2 Å². The van der Waals surface area contributed by atoms with E-state index in [1.807, 2.05) is 12.3 Å². The molecule has 2 aromatic carbocycles. The highest BCUT2D eigenvalue weighted by Gasteiger charge is 2.26. The van der Waals surface area contributed by atoms with Crippen molar-refractivity contribution in [3.63, 3.8) is 0 Å². The van der Waals surface area contributed by atoms with E-state index < -0.39 is 0 Å². The van der Waals surface area contributed by atoms with Gasteiger partial charge < -0.3 is 0 Å². The van der Waals surface area contributed by atoms with Crippen LogP contribution in [0.3, 0.4) is 0 Å². The highest BCUT2D eigenvalue weighted by Crippen LogP contribution is 2.35. The lowest BCUT2D eigenvalue weighted by molar-refractivity contribution is 0.248. The number of fused-ring (bicyclic) bond motifs is 1. The van der Waals surface area contributed by atoms with Crippen molar-refractivity contribution in [2.75, 3.05) is 6.54 Å². The Kier molecular flexibility index (Phi) is 5.01. The molecule has 4 heteroatoms. The van der Waals surface area contributed by atoms with Crippen LogP contribution in [0.1, 0.15) is 41.3 Å². The summed E-state index contributed by atoms with van der Waals surface area (Å²) in [4.78, 5) is 15.9. The molecule has 0 radical (unpaired) electrons. The Labute approximate surface area is 177 Å². The molecule has 0 amide bonds. The van der Waals surface area contributed by atoms with Gasteiger partial charge in [-0.2, -0.15) is 0 Å². The smallest absolute Gasteiger partial charge is 0.0890 e. The van der Waals surface area contributed by atoms with Crippen molar-refractivity contribution in [1.82, 2.24) is 19.9 Å². The second kappa shape index (κ2) is 7.96. The van der Waals surface area contributed by atoms with Gasteiger partial charge in [-0.1, -0.05) is 30.3 Å². The van der Waals surface area contributed by atoms with Crippen LogP contribution >= 0.6 is 0 Å². The molecule has 1 aliphatic heterocycles. The van der Waals surface area contributed by atoms with Gasteiger partial charge >= 0.3 is 0 Å². The number of benzene rings is 2. The maximum atomic E-state index is 4.50. The Balaban J connectivity index is 1.40. The minimum atomic E-state index is 0.441. The van der Waals surface area contributed by atoms with Gasteiger partial charge in [-0.3, -0.25) is 19.9 Å². The zero-order valence-electron chi connectivity index (χ0n) is 17.5. The molecule has 0 bridgehead atoms. The van der Waals surface area contributed by atoms with Crippen LogP contribution in [0.15, 0.2) is 67.1 Å². The topological polar surface area (TPSA) is 41.9 Å². The summed E-state index contributed by atoms with van der Waals surface area (Å²) in [6, 6.07) is 18.0. The second-order valence-corrected chi connectivity index (χ2v) is 8.21. The molecule has 4 aromatic rings. The Bertz CT molecular complexity index is 1200. The molecular weight excluding hydrogens is 368 g/mol. The lowest BCUT2D eigenvalue weighted by atomic mass is 9.98. The van der Waals surface area contributed by atoms with Crippen LogP contribution in [0, 0.1) is 13.8 Å². The molecule has 1 saturated heterocycles. The van der Waals surface area contributed by atoms with E-state index in [2.05, 4.69) is 76.2 Å². The highest BCUT2D eigenvalue weighted by atomic mass is 15.2. The van der Waals surface area contributed by atoms with Gasteiger partial charge in [0.2, 0.25) is 0 Å². The number of pyridine rings is 1. The van der Waals surface area contributed by atoms with Crippen LogP contribution < -0.4 is 0 Å². The lowest BCUT2D eigenvalue weighted by Gasteiger charge is -2.26. The normalized spacial score (nSPS) is 16.9. The first-order chi connectivity index (χ1) is 14.7. The summed E-state index contributed by atoms with van der Waals surface area (Å²) in [5.74, 6) is 0. The summed E-state index contributed by atoms with van der Waals surface area (Å²) in [5.41, 5.74) is 9.55. The van der Waals surface area contributed by atoms with E-state index in [-0.39, 0.29) is 0 Å². The van der Waals surface area contributed by atoms with Crippen LogP contribution in [-0.2, 0) is 6.54 Å². The van der Waals surface area contributed by atoms with E-state index in [0.29, 0.717) is 6.04 Å². The molecule has 2 aromatic heterocycles. The number of aromatic nitrogens is 3. The van der Waals surface area contributed by atoms with Crippen molar-refractivity contribution in [3.8, 4) is 11.1 Å². The average molecular weight is 395 g/mol. The number of likely N-dealkylation sites (tertiary alicyclic amines) is 1. The maximum absolute atomic E-state index is 4.50. The molecule has 0 aliphatic carbocycles. The zero-order valence-corrected chi connectivity index (χ0v) is 17.5. The first kappa shape index (κ1) is 18.9. The number of hydrogen-bond acceptors (Lipinski definition) is 4. The molecule has 0 saturated carbocycles. The SMILES string of the molecule is Cc1cc(-c2cccnc2C)ccc1CN1CCC[C@H]1c1ccc2nccnc2c1. The predicted octanol–water partition coefficient (Wildman–Crippen LogP) is 5.65. The fraction of sp³-hybridized carbons (Fsp3) is 0.269. The molecule has 3 heterocycles. The van der Waals surface area contributed by atoms with Crippen molar-refractivity contribution >= 4 is 11.0 Å². The average Bonchev–Trinajstić information content (AvgIpc) is 3.23. The Morgan fingerprint density at radius 3 is 2.60 bits per heavy atom. The van der Waals surface area contributed by atoms with Gasteiger partial charge in [-0.05, 0) is 73.7 Å². The van der Waals surface area contributed by atoms with Crippen molar-refractivity contribution in [3.05, 3.63) is 89.5 Å². The van der Waals surface area contributed by atoms with Gasteiger partial charge in [0.05, 0.1) is 11.0 Å². The van der Waals surface area contributed by atoms with Gasteiger partial charge in [-0.15, -0.1) is 0 Å². The van der Waals surface area contributed by atoms with E-state index >= 15 is 0 Å². The molecule has 1 atom stereocenters. The molecule has 5 rings (SSSR count). The van der Waals surface area contributed by atoms with Gasteiger partial charge in [0.1, 0.15) is 0 Å². The van der Waals surface area contributed by atoms with Crippen LogP contribution in [0.4, 0.5) is 0 Å². The molecular formula is C26H26N4. The van der Waals surface area contributed by atoms with E-state index in [1.165, 1.54) is 40.7 Å². The minimum absolute atomic E-state index is 0.441. The fourth-order valence-corrected chi connectivity index (χ4v) is 4.63. The van der Waals surface area contributed by atoms with Crippen molar-refractivity contribution in [2.24, 2.45) is 0 Å². The minimum Gasteiger partial charge on any atom is -0.292 e. The van der Waals surface area contributed by atoms with Crippen LogP contribution in [-0.4, -0.2) is 26.4 Å². The Morgan fingerprint density at radius 2 is 1.77 bits per heavy atom. The molecule has 0 spiro atoms. The van der Waals surface area contributed by atoms with E-state index in [9.17, 15) is 0 Å². The van der Waals surface area contributed by atoms with Crippen molar-refractivity contribution in [1.29, 1.82) is 0 Å². The Hall–Kier alpha value is -3.11. The largest absolute Gasteiger partial charge is 0.292 e. The summed E-state index contributed by atoms with van der Waals surface area (Å²) >= 11 is 0. The molecule has 1 fully saturated rings. The van der Waals surface area contributed by atoms with E-state index in [4.69, 9.17) is 0 Å². The van der Waals surface area contributed by atoms with Gasteiger partial charge in [0.15, 0.2) is 0 Å². The predicted molar refractivity (Wildman–Crippen MR) is 121 cm³/mol. The summed E-state index contributed by atoms with van der Waals surface area (Å²) in [6.45, 7) is 6.40. The summed E-state index contributed by atoms with van der Waals surface area (Å²) < 4.78 is 0. The maximum Gasteiger partial charge on any atom is 0.0890 e. The molecule has 150 valence electrons. The second-order valence-electron chi connectivity index (χ2n) is 8.21. The summed E-state index contributed by atoms with van der Waals surface area (Å²) in [6.07, 6.45) is 7.80.